The Bertz CT molecular complexity index is 458. The highest BCUT2D eigenvalue weighted by Crippen LogP contribution is 2.22. The molecule has 1 aromatic carbocycles. The molecule has 1 amide bonds. The summed E-state index contributed by atoms with van der Waals surface area (Å²) in [7, 11) is 0. The van der Waals surface area contributed by atoms with E-state index in [0.717, 1.165) is 37.4 Å². The van der Waals surface area contributed by atoms with E-state index in [-0.39, 0.29) is 11.7 Å². The molecule has 19 heavy (non-hydrogen) atoms. The summed E-state index contributed by atoms with van der Waals surface area (Å²) in [6.45, 7) is 5.66. The molecule has 104 valence electrons. The van der Waals surface area contributed by atoms with Crippen LogP contribution in [-0.4, -0.2) is 23.9 Å². The van der Waals surface area contributed by atoms with E-state index in [1.165, 1.54) is 25.0 Å². The molecule has 0 bridgehead atoms. The van der Waals surface area contributed by atoms with Crippen molar-refractivity contribution in [2.24, 2.45) is 5.92 Å². The number of aryl methyl sites for hydroxylation is 1. The van der Waals surface area contributed by atoms with Gasteiger partial charge in [-0.2, -0.15) is 0 Å². The Kier molecular flexibility index (Phi) is 4.56. The fraction of sp³-hybridized carbons (Fsp3) is 0.562. The van der Waals surface area contributed by atoms with Crippen LogP contribution in [0.25, 0.3) is 0 Å². The number of carbonyl (C=O) groups is 1. The highest BCUT2D eigenvalue weighted by atomic mass is 19.1. The van der Waals surface area contributed by atoms with Gasteiger partial charge in [-0.15, -0.1) is 0 Å². The molecule has 1 saturated heterocycles. The first-order valence-electron chi connectivity index (χ1n) is 7.17. The molecule has 0 N–H and O–H groups in total. The van der Waals surface area contributed by atoms with Gasteiger partial charge >= 0.3 is 0 Å². The molecule has 0 aliphatic carbocycles. The van der Waals surface area contributed by atoms with E-state index in [0.29, 0.717) is 5.56 Å². The van der Waals surface area contributed by atoms with Crippen molar-refractivity contribution < 1.29 is 9.18 Å². The molecule has 0 aromatic heterocycles. The summed E-state index contributed by atoms with van der Waals surface area (Å²) in [5.74, 6) is 0.511. The number of benzene rings is 1. The highest BCUT2D eigenvalue weighted by molar-refractivity contribution is 5.95. The Labute approximate surface area is 114 Å². The van der Waals surface area contributed by atoms with Crippen molar-refractivity contribution in [3.8, 4) is 0 Å². The van der Waals surface area contributed by atoms with Crippen LogP contribution in [0.5, 0.6) is 0 Å². The molecule has 0 spiro atoms. The largest absolute Gasteiger partial charge is 0.339 e. The molecule has 2 rings (SSSR count). The quantitative estimate of drug-likeness (QED) is 0.795. The molecule has 2 nitrogen and oxygen atoms in total. The normalized spacial score (nSPS) is 20.2. The molecule has 1 aliphatic rings. The fourth-order valence-corrected chi connectivity index (χ4v) is 2.81. The minimum absolute atomic E-state index is 0.0502. The van der Waals surface area contributed by atoms with E-state index in [4.69, 9.17) is 0 Å². The van der Waals surface area contributed by atoms with E-state index in [1.807, 2.05) is 4.90 Å². The lowest BCUT2D eigenvalue weighted by atomic mass is 9.98. The highest BCUT2D eigenvalue weighted by Gasteiger charge is 2.21. The summed E-state index contributed by atoms with van der Waals surface area (Å²) in [5, 5.41) is 0. The molecule has 1 fully saturated rings. The van der Waals surface area contributed by atoms with Gasteiger partial charge in [-0.25, -0.2) is 4.39 Å². The smallest absolute Gasteiger partial charge is 0.254 e. The van der Waals surface area contributed by atoms with Gasteiger partial charge in [0.15, 0.2) is 0 Å². The minimum atomic E-state index is -0.282. The molecule has 3 heteroatoms. The third-order valence-electron chi connectivity index (χ3n) is 4.13. The molecule has 1 unspecified atom stereocenters. The molecule has 1 atom stereocenters. The van der Waals surface area contributed by atoms with Crippen molar-refractivity contribution >= 4 is 5.91 Å². The molecule has 0 saturated carbocycles. The Morgan fingerprint density at radius 1 is 1.37 bits per heavy atom. The van der Waals surface area contributed by atoms with Crippen molar-refractivity contribution in [1.29, 1.82) is 0 Å². The average molecular weight is 263 g/mol. The van der Waals surface area contributed by atoms with E-state index < -0.39 is 0 Å². The first-order chi connectivity index (χ1) is 9.11. The SMILES string of the molecule is CCC1CCCN(C(=O)c2ccc(F)cc2C)CC1. The van der Waals surface area contributed by atoms with Gasteiger partial charge in [0.2, 0.25) is 0 Å². The van der Waals surface area contributed by atoms with Crippen LogP contribution in [0.1, 0.15) is 48.5 Å². The molecule has 1 aromatic rings. The average Bonchev–Trinajstić information content (AvgIpc) is 2.63. The lowest BCUT2D eigenvalue weighted by Crippen LogP contribution is -2.32. The van der Waals surface area contributed by atoms with Gasteiger partial charge in [0.1, 0.15) is 5.82 Å². The number of hydrogen-bond acceptors (Lipinski definition) is 1. The first kappa shape index (κ1) is 14.0. The van der Waals surface area contributed by atoms with Gasteiger partial charge in [0, 0.05) is 18.7 Å². The Morgan fingerprint density at radius 3 is 2.84 bits per heavy atom. The molecule has 0 radical (unpaired) electrons. The summed E-state index contributed by atoms with van der Waals surface area (Å²) in [5.41, 5.74) is 1.36. The second-order valence-corrected chi connectivity index (χ2v) is 5.46. The van der Waals surface area contributed by atoms with Crippen LogP contribution in [0.4, 0.5) is 4.39 Å². The Morgan fingerprint density at radius 2 is 2.16 bits per heavy atom. The topological polar surface area (TPSA) is 20.3 Å². The van der Waals surface area contributed by atoms with Gasteiger partial charge in [-0.3, -0.25) is 4.79 Å². The summed E-state index contributed by atoms with van der Waals surface area (Å²) >= 11 is 0. The summed E-state index contributed by atoms with van der Waals surface area (Å²) in [4.78, 5) is 14.4. The van der Waals surface area contributed by atoms with Crippen LogP contribution >= 0.6 is 0 Å². The molecular formula is C16H22FNO. The zero-order chi connectivity index (χ0) is 13.8. The van der Waals surface area contributed by atoms with Crippen LogP contribution in [0, 0.1) is 18.7 Å². The lowest BCUT2D eigenvalue weighted by molar-refractivity contribution is 0.0759. The first-order valence-corrected chi connectivity index (χ1v) is 7.17. The second-order valence-electron chi connectivity index (χ2n) is 5.46. The zero-order valence-electron chi connectivity index (χ0n) is 11.8. The van der Waals surface area contributed by atoms with Crippen LogP contribution in [0.15, 0.2) is 18.2 Å². The van der Waals surface area contributed by atoms with Crippen molar-refractivity contribution in [2.45, 2.75) is 39.5 Å². The van der Waals surface area contributed by atoms with E-state index >= 15 is 0 Å². The Hall–Kier alpha value is -1.38. The van der Waals surface area contributed by atoms with Gasteiger partial charge in [-0.1, -0.05) is 13.3 Å². The van der Waals surface area contributed by atoms with E-state index in [2.05, 4.69) is 6.92 Å². The standard InChI is InChI=1S/C16H22FNO/c1-3-13-5-4-9-18(10-8-13)16(19)15-7-6-14(17)11-12(15)2/h6-7,11,13H,3-5,8-10H2,1-2H3. The maximum atomic E-state index is 13.1. The summed E-state index contributed by atoms with van der Waals surface area (Å²) in [6.07, 6.45) is 4.56. The number of halogens is 1. The van der Waals surface area contributed by atoms with Gasteiger partial charge < -0.3 is 4.90 Å². The number of carbonyl (C=O) groups excluding carboxylic acids is 1. The third kappa shape index (κ3) is 3.34. The second kappa shape index (κ2) is 6.18. The van der Waals surface area contributed by atoms with Crippen LogP contribution in [0.3, 0.4) is 0 Å². The number of nitrogens with zero attached hydrogens (tertiary/aromatic N) is 1. The van der Waals surface area contributed by atoms with Gasteiger partial charge in [-0.05, 0) is 55.9 Å². The van der Waals surface area contributed by atoms with E-state index in [9.17, 15) is 9.18 Å². The fourth-order valence-electron chi connectivity index (χ4n) is 2.81. The van der Waals surface area contributed by atoms with E-state index in [1.54, 1.807) is 13.0 Å². The van der Waals surface area contributed by atoms with Crippen LogP contribution < -0.4 is 0 Å². The number of rotatable bonds is 2. The number of hydrogen-bond donors (Lipinski definition) is 0. The predicted octanol–water partition coefficient (Wildman–Crippen LogP) is 3.79. The van der Waals surface area contributed by atoms with Crippen LogP contribution in [-0.2, 0) is 0 Å². The van der Waals surface area contributed by atoms with Crippen LogP contribution in [0.2, 0.25) is 0 Å². The number of amides is 1. The molecule has 1 heterocycles. The van der Waals surface area contributed by atoms with Crippen molar-refractivity contribution in [1.82, 2.24) is 4.90 Å². The summed E-state index contributed by atoms with van der Waals surface area (Å²) < 4.78 is 13.1. The summed E-state index contributed by atoms with van der Waals surface area (Å²) in [6, 6.07) is 4.40. The van der Waals surface area contributed by atoms with Gasteiger partial charge in [0.05, 0.1) is 0 Å². The monoisotopic (exact) mass is 263 g/mol. The predicted molar refractivity (Wildman–Crippen MR) is 74.7 cm³/mol. The third-order valence-corrected chi connectivity index (χ3v) is 4.13. The Balaban J connectivity index is 2.10. The molecule has 1 aliphatic heterocycles. The van der Waals surface area contributed by atoms with Crippen molar-refractivity contribution in [2.75, 3.05) is 13.1 Å². The molecular weight excluding hydrogens is 241 g/mol. The lowest BCUT2D eigenvalue weighted by Gasteiger charge is -2.21. The maximum Gasteiger partial charge on any atom is 0.254 e. The zero-order valence-corrected chi connectivity index (χ0v) is 11.8. The van der Waals surface area contributed by atoms with Crippen molar-refractivity contribution in [3.63, 3.8) is 0 Å². The number of likely N-dealkylation sites (tertiary alicyclic amines) is 1. The minimum Gasteiger partial charge on any atom is -0.339 e. The maximum absolute atomic E-state index is 13.1. The van der Waals surface area contributed by atoms with Gasteiger partial charge in [0.25, 0.3) is 5.91 Å². The van der Waals surface area contributed by atoms with Crippen molar-refractivity contribution in [3.05, 3.63) is 35.1 Å².